The summed E-state index contributed by atoms with van der Waals surface area (Å²) in [5.74, 6) is 0.887. The zero-order valence-corrected chi connectivity index (χ0v) is 13.2. The Morgan fingerprint density at radius 1 is 1.33 bits per heavy atom. The zero-order chi connectivity index (χ0) is 15.5. The fraction of sp³-hybridized carbons (Fsp3) is 0.533. The van der Waals surface area contributed by atoms with Gasteiger partial charge in [0.05, 0.1) is 4.90 Å². The van der Waals surface area contributed by atoms with Crippen molar-refractivity contribution in [2.45, 2.75) is 18.2 Å². The summed E-state index contributed by atoms with van der Waals surface area (Å²) in [6.07, 6.45) is 2.22. The second-order valence-electron chi connectivity index (χ2n) is 5.74. The lowest BCUT2D eigenvalue weighted by molar-refractivity contribution is 0.0938. The van der Waals surface area contributed by atoms with Gasteiger partial charge in [0.15, 0.2) is 9.84 Å². The molecule has 1 fully saturated rings. The summed E-state index contributed by atoms with van der Waals surface area (Å²) in [6, 6.07) is 6.05. The number of hydrogen-bond donors (Lipinski definition) is 2. The van der Waals surface area contributed by atoms with E-state index in [-0.39, 0.29) is 10.8 Å². The quantitative estimate of drug-likeness (QED) is 0.872. The molecule has 0 aromatic heterocycles. The van der Waals surface area contributed by atoms with Crippen LogP contribution < -0.4 is 10.6 Å². The summed E-state index contributed by atoms with van der Waals surface area (Å²) in [5.41, 5.74) is 0.490. The van der Waals surface area contributed by atoms with Gasteiger partial charge in [-0.3, -0.25) is 4.79 Å². The van der Waals surface area contributed by atoms with Crippen molar-refractivity contribution in [3.05, 3.63) is 29.8 Å². The number of hydrogen-bond acceptors (Lipinski definition) is 4. The third kappa shape index (κ3) is 4.28. The minimum absolute atomic E-state index is 0.152. The van der Waals surface area contributed by atoms with E-state index in [9.17, 15) is 13.2 Å². The molecular formula is C15H22N2O3S. The highest BCUT2D eigenvalue weighted by atomic mass is 32.2. The molecular weight excluding hydrogens is 288 g/mol. The smallest absolute Gasteiger partial charge is 0.251 e. The minimum Gasteiger partial charge on any atom is -0.352 e. The van der Waals surface area contributed by atoms with Gasteiger partial charge in [-0.15, -0.1) is 0 Å². The van der Waals surface area contributed by atoms with Gasteiger partial charge in [0, 0.05) is 18.4 Å². The van der Waals surface area contributed by atoms with Crippen molar-refractivity contribution in [2.24, 2.45) is 11.8 Å². The van der Waals surface area contributed by atoms with Crippen LogP contribution in [0.2, 0.25) is 0 Å². The van der Waals surface area contributed by atoms with Crippen molar-refractivity contribution in [3.8, 4) is 0 Å². The highest BCUT2D eigenvalue weighted by Gasteiger charge is 2.21. The average Bonchev–Trinajstić information content (AvgIpc) is 2.45. The molecule has 0 radical (unpaired) electrons. The van der Waals surface area contributed by atoms with E-state index in [0.717, 1.165) is 25.8 Å². The molecule has 0 spiro atoms. The van der Waals surface area contributed by atoms with E-state index in [4.69, 9.17) is 0 Å². The first-order valence-corrected chi connectivity index (χ1v) is 9.06. The minimum atomic E-state index is -3.22. The Kier molecular flexibility index (Phi) is 5.00. The van der Waals surface area contributed by atoms with E-state index in [1.807, 2.05) is 0 Å². The second-order valence-corrected chi connectivity index (χ2v) is 7.75. The van der Waals surface area contributed by atoms with Crippen LogP contribution in [0.25, 0.3) is 0 Å². The molecule has 5 nitrogen and oxygen atoms in total. The van der Waals surface area contributed by atoms with Crippen LogP contribution in [-0.2, 0) is 9.84 Å². The third-order valence-corrected chi connectivity index (χ3v) is 5.16. The molecule has 6 heteroatoms. The standard InChI is InChI=1S/C15H22N2O3S/c1-11-9-16-8-7-13(11)10-17-15(18)12-3-5-14(6-4-12)21(2,19)20/h3-6,11,13,16H,7-10H2,1-2H3,(H,17,18). The van der Waals surface area contributed by atoms with Gasteiger partial charge >= 0.3 is 0 Å². The predicted molar refractivity (Wildman–Crippen MR) is 82.0 cm³/mol. The third-order valence-electron chi connectivity index (χ3n) is 4.03. The van der Waals surface area contributed by atoms with Crippen molar-refractivity contribution in [1.29, 1.82) is 0 Å². The van der Waals surface area contributed by atoms with Crippen LogP contribution in [0.5, 0.6) is 0 Å². The van der Waals surface area contributed by atoms with Crippen molar-refractivity contribution >= 4 is 15.7 Å². The van der Waals surface area contributed by atoms with E-state index in [2.05, 4.69) is 17.6 Å². The van der Waals surface area contributed by atoms with Gasteiger partial charge in [-0.2, -0.15) is 0 Å². The normalized spacial score (nSPS) is 22.8. The number of piperidine rings is 1. The molecule has 21 heavy (non-hydrogen) atoms. The summed E-state index contributed by atoms with van der Waals surface area (Å²) in [6.45, 7) is 4.83. The summed E-state index contributed by atoms with van der Waals surface area (Å²) in [5, 5.41) is 6.28. The molecule has 0 saturated carbocycles. The predicted octanol–water partition coefficient (Wildman–Crippen LogP) is 1.07. The number of carbonyl (C=O) groups excluding carboxylic acids is 1. The monoisotopic (exact) mass is 310 g/mol. The molecule has 1 heterocycles. The summed E-state index contributed by atoms with van der Waals surface area (Å²) in [7, 11) is -3.22. The van der Waals surface area contributed by atoms with Crippen LogP contribution >= 0.6 is 0 Å². The molecule has 1 aromatic rings. The number of benzene rings is 1. The van der Waals surface area contributed by atoms with E-state index in [1.165, 1.54) is 12.1 Å². The molecule has 1 aliphatic rings. The van der Waals surface area contributed by atoms with Gasteiger partial charge in [-0.25, -0.2) is 8.42 Å². The van der Waals surface area contributed by atoms with E-state index >= 15 is 0 Å². The fourth-order valence-corrected chi connectivity index (χ4v) is 3.18. The first-order valence-electron chi connectivity index (χ1n) is 7.17. The Hall–Kier alpha value is -1.40. The van der Waals surface area contributed by atoms with E-state index < -0.39 is 9.84 Å². The number of sulfone groups is 1. The van der Waals surface area contributed by atoms with Crippen molar-refractivity contribution < 1.29 is 13.2 Å². The van der Waals surface area contributed by atoms with Gasteiger partial charge in [0.2, 0.25) is 0 Å². The van der Waals surface area contributed by atoms with Crippen molar-refractivity contribution in [1.82, 2.24) is 10.6 Å². The molecule has 1 aromatic carbocycles. The molecule has 2 atom stereocenters. The lowest BCUT2D eigenvalue weighted by atomic mass is 9.88. The average molecular weight is 310 g/mol. The van der Waals surface area contributed by atoms with Crippen molar-refractivity contribution in [3.63, 3.8) is 0 Å². The second kappa shape index (κ2) is 6.58. The van der Waals surface area contributed by atoms with Gasteiger partial charge in [0.1, 0.15) is 0 Å². The van der Waals surface area contributed by atoms with E-state index in [0.29, 0.717) is 23.9 Å². The maximum atomic E-state index is 12.1. The van der Waals surface area contributed by atoms with Crippen LogP contribution in [0, 0.1) is 11.8 Å². The Balaban J connectivity index is 1.94. The SMILES string of the molecule is CC1CNCCC1CNC(=O)c1ccc(S(C)(=O)=O)cc1. The summed E-state index contributed by atoms with van der Waals surface area (Å²) >= 11 is 0. The first kappa shape index (κ1) is 16.0. The topological polar surface area (TPSA) is 75.3 Å². The maximum Gasteiger partial charge on any atom is 0.251 e. The van der Waals surface area contributed by atoms with Gasteiger partial charge < -0.3 is 10.6 Å². The van der Waals surface area contributed by atoms with Crippen LogP contribution in [0.3, 0.4) is 0 Å². The molecule has 1 amide bonds. The highest BCUT2D eigenvalue weighted by molar-refractivity contribution is 7.90. The number of carbonyl (C=O) groups is 1. The number of rotatable bonds is 4. The number of amides is 1. The van der Waals surface area contributed by atoms with Crippen molar-refractivity contribution in [2.75, 3.05) is 25.9 Å². The summed E-state index contributed by atoms with van der Waals surface area (Å²) < 4.78 is 22.8. The zero-order valence-electron chi connectivity index (χ0n) is 12.4. The Morgan fingerprint density at radius 3 is 2.57 bits per heavy atom. The first-order chi connectivity index (χ1) is 9.88. The van der Waals surface area contributed by atoms with Crippen LogP contribution in [-0.4, -0.2) is 40.2 Å². The molecule has 2 unspecified atom stereocenters. The molecule has 2 N–H and O–H groups in total. The molecule has 2 rings (SSSR count). The van der Waals surface area contributed by atoms with Crippen LogP contribution in [0.4, 0.5) is 0 Å². The lowest BCUT2D eigenvalue weighted by Gasteiger charge is -2.29. The Morgan fingerprint density at radius 2 is 2.00 bits per heavy atom. The van der Waals surface area contributed by atoms with E-state index in [1.54, 1.807) is 12.1 Å². The largest absolute Gasteiger partial charge is 0.352 e. The van der Waals surface area contributed by atoms with Gasteiger partial charge in [-0.05, 0) is 55.6 Å². The molecule has 1 aliphatic heterocycles. The fourth-order valence-electron chi connectivity index (χ4n) is 2.55. The van der Waals surface area contributed by atoms with Gasteiger partial charge in [0.25, 0.3) is 5.91 Å². The molecule has 0 bridgehead atoms. The van der Waals surface area contributed by atoms with Gasteiger partial charge in [-0.1, -0.05) is 6.92 Å². The lowest BCUT2D eigenvalue weighted by Crippen LogP contribution is -2.41. The molecule has 0 aliphatic carbocycles. The maximum absolute atomic E-state index is 12.1. The molecule has 116 valence electrons. The Labute approximate surface area is 126 Å². The highest BCUT2D eigenvalue weighted by Crippen LogP contribution is 2.17. The Bertz CT molecular complexity index is 596. The summed E-state index contributed by atoms with van der Waals surface area (Å²) in [4.78, 5) is 12.3. The van der Waals surface area contributed by atoms with Crippen LogP contribution in [0.15, 0.2) is 29.2 Å². The molecule has 1 saturated heterocycles. The number of nitrogens with one attached hydrogen (secondary N) is 2. The van der Waals surface area contributed by atoms with Crippen LogP contribution in [0.1, 0.15) is 23.7 Å².